The van der Waals surface area contributed by atoms with Crippen LogP contribution in [0.5, 0.6) is 0 Å². The van der Waals surface area contributed by atoms with Crippen LogP contribution in [0.3, 0.4) is 0 Å². The number of nitrogens with zero attached hydrogens (tertiary/aromatic N) is 1. The first-order chi connectivity index (χ1) is 11.6. The van der Waals surface area contributed by atoms with Crippen LogP contribution in [-0.4, -0.2) is 18.1 Å². The molecule has 0 aliphatic carbocycles. The Kier molecular flexibility index (Phi) is 5.04. The molecule has 3 rings (SSSR count). The first-order valence-corrected chi connectivity index (χ1v) is 8.57. The van der Waals surface area contributed by atoms with E-state index >= 15 is 0 Å². The minimum absolute atomic E-state index is 0.380. The monoisotopic (exact) mass is 378 g/mol. The second kappa shape index (κ2) is 7.21. The minimum Gasteiger partial charge on any atom is -0.465 e. The molecule has 1 heterocycles. The lowest BCUT2D eigenvalue weighted by Gasteiger charge is -2.05. The maximum atomic E-state index is 11.6. The average molecular weight is 379 g/mol. The molecule has 0 amide bonds. The molecule has 0 saturated heterocycles. The summed E-state index contributed by atoms with van der Waals surface area (Å²) in [5.74, 6) is -0.380. The number of hydrogen-bond donors (Lipinski definition) is 1. The van der Waals surface area contributed by atoms with Gasteiger partial charge in [-0.3, -0.25) is 0 Å². The smallest absolute Gasteiger partial charge is 0.337 e. The van der Waals surface area contributed by atoms with E-state index in [1.54, 1.807) is 30.3 Å². The lowest BCUT2D eigenvalue weighted by atomic mass is 10.2. The molecule has 2 aromatic carbocycles. The fourth-order valence-electron chi connectivity index (χ4n) is 2.08. The summed E-state index contributed by atoms with van der Waals surface area (Å²) in [6.07, 6.45) is 0. The largest absolute Gasteiger partial charge is 0.465 e. The normalized spacial score (nSPS) is 10.5. The van der Waals surface area contributed by atoms with Gasteiger partial charge in [0.1, 0.15) is 0 Å². The number of benzene rings is 2. The number of thiazole rings is 1. The molecule has 0 atom stereocenters. The Labute approximate surface area is 153 Å². The second-order valence-corrected chi connectivity index (χ2v) is 6.54. The molecular formula is C17H12Cl2N2O2S. The van der Waals surface area contributed by atoms with E-state index in [1.165, 1.54) is 18.4 Å². The highest BCUT2D eigenvalue weighted by molar-refractivity contribution is 7.14. The minimum atomic E-state index is -0.380. The predicted octanol–water partition coefficient (Wildman–Crippen LogP) is 5.65. The zero-order valence-electron chi connectivity index (χ0n) is 12.5. The Morgan fingerprint density at radius 2 is 2.00 bits per heavy atom. The van der Waals surface area contributed by atoms with Crippen LogP contribution in [0.2, 0.25) is 10.0 Å². The van der Waals surface area contributed by atoms with E-state index in [4.69, 9.17) is 27.9 Å². The number of nitrogens with one attached hydrogen (secondary N) is 1. The molecule has 0 saturated carbocycles. The van der Waals surface area contributed by atoms with Crippen molar-refractivity contribution in [2.45, 2.75) is 0 Å². The van der Waals surface area contributed by atoms with Crippen LogP contribution in [0.15, 0.2) is 47.8 Å². The van der Waals surface area contributed by atoms with Crippen molar-refractivity contribution in [3.8, 4) is 11.3 Å². The van der Waals surface area contributed by atoms with Gasteiger partial charge < -0.3 is 10.1 Å². The second-order valence-electron chi connectivity index (χ2n) is 4.86. The van der Waals surface area contributed by atoms with Gasteiger partial charge in [0.2, 0.25) is 0 Å². The number of aromatic nitrogens is 1. The number of ether oxygens (including phenoxy) is 1. The van der Waals surface area contributed by atoms with Gasteiger partial charge in [-0.25, -0.2) is 9.78 Å². The molecule has 1 N–H and O–H groups in total. The van der Waals surface area contributed by atoms with Gasteiger partial charge in [-0.15, -0.1) is 11.3 Å². The molecule has 7 heteroatoms. The quantitative estimate of drug-likeness (QED) is 0.596. The van der Waals surface area contributed by atoms with Gasteiger partial charge in [0, 0.05) is 16.6 Å². The number of carbonyl (C=O) groups excluding carboxylic acids is 1. The van der Waals surface area contributed by atoms with Crippen LogP contribution < -0.4 is 5.32 Å². The number of rotatable bonds is 4. The Balaban J connectivity index is 1.81. The lowest BCUT2D eigenvalue weighted by Crippen LogP contribution is -2.01. The summed E-state index contributed by atoms with van der Waals surface area (Å²) in [5, 5.41) is 6.81. The van der Waals surface area contributed by atoms with Crippen molar-refractivity contribution < 1.29 is 9.53 Å². The molecule has 0 spiro atoms. The summed E-state index contributed by atoms with van der Waals surface area (Å²) in [4.78, 5) is 16.1. The predicted molar refractivity (Wildman–Crippen MR) is 98.6 cm³/mol. The summed E-state index contributed by atoms with van der Waals surface area (Å²) in [6.45, 7) is 0. The third-order valence-electron chi connectivity index (χ3n) is 3.25. The highest BCUT2D eigenvalue weighted by Crippen LogP contribution is 2.31. The van der Waals surface area contributed by atoms with Gasteiger partial charge in [0.25, 0.3) is 0 Å². The molecule has 0 radical (unpaired) electrons. The molecule has 3 aromatic rings. The Bertz CT molecular complexity index is 896. The third-order valence-corrected chi connectivity index (χ3v) is 4.75. The number of esters is 1. The van der Waals surface area contributed by atoms with Crippen LogP contribution in [0.25, 0.3) is 11.3 Å². The van der Waals surface area contributed by atoms with Gasteiger partial charge in [0.15, 0.2) is 5.13 Å². The topological polar surface area (TPSA) is 51.2 Å². The van der Waals surface area contributed by atoms with Crippen LogP contribution in [0.4, 0.5) is 10.8 Å². The van der Waals surface area contributed by atoms with Gasteiger partial charge in [0.05, 0.1) is 28.4 Å². The first kappa shape index (κ1) is 16.8. The summed E-state index contributed by atoms with van der Waals surface area (Å²) >= 11 is 13.4. The molecular weight excluding hydrogens is 367 g/mol. The Hall–Kier alpha value is -2.08. The first-order valence-electron chi connectivity index (χ1n) is 6.93. The maximum absolute atomic E-state index is 11.6. The van der Waals surface area contributed by atoms with E-state index < -0.39 is 0 Å². The molecule has 0 unspecified atom stereocenters. The van der Waals surface area contributed by atoms with Crippen LogP contribution in [0.1, 0.15) is 10.4 Å². The van der Waals surface area contributed by atoms with Crippen LogP contribution in [0, 0.1) is 0 Å². The van der Waals surface area contributed by atoms with Crippen LogP contribution in [-0.2, 0) is 4.74 Å². The number of carbonyl (C=O) groups is 1. The van der Waals surface area contributed by atoms with E-state index in [1.807, 2.05) is 17.5 Å². The van der Waals surface area contributed by atoms with Crippen molar-refractivity contribution in [2.24, 2.45) is 0 Å². The number of halogens is 2. The zero-order valence-corrected chi connectivity index (χ0v) is 14.9. The fourth-order valence-corrected chi connectivity index (χ4v) is 3.12. The van der Waals surface area contributed by atoms with E-state index in [9.17, 15) is 4.79 Å². The summed E-state index contributed by atoms with van der Waals surface area (Å²) < 4.78 is 4.72. The SMILES string of the molecule is COC(=O)c1cccc(Nc2nc(-c3ccc(Cl)c(Cl)c3)cs2)c1. The Morgan fingerprint density at radius 1 is 1.17 bits per heavy atom. The van der Waals surface area contributed by atoms with Crippen molar-refractivity contribution in [1.82, 2.24) is 4.98 Å². The highest BCUT2D eigenvalue weighted by atomic mass is 35.5. The fraction of sp³-hybridized carbons (Fsp3) is 0.0588. The van der Waals surface area contributed by atoms with Gasteiger partial charge in [-0.05, 0) is 30.3 Å². The molecule has 4 nitrogen and oxygen atoms in total. The zero-order chi connectivity index (χ0) is 17.1. The van der Waals surface area contributed by atoms with Crippen molar-refractivity contribution >= 4 is 51.3 Å². The van der Waals surface area contributed by atoms with E-state index in [-0.39, 0.29) is 5.97 Å². The number of anilines is 2. The molecule has 0 aliphatic rings. The Morgan fingerprint density at radius 3 is 2.75 bits per heavy atom. The molecule has 1 aromatic heterocycles. The molecule has 122 valence electrons. The summed E-state index contributed by atoms with van der Waals surface area (Å²) in [5.41, 5.74) is 2.92. The van der Waals surface area contributed by atoms with Gasteiger partial charge in [-0.2, -0.15) is 0 Å². The number of hydrogen-bond acceptors (Lipinski definition) is 5. The van der Waals surface area contributed by atoms with Crippen molar-refractivity contribution in [3.05, 3.63) is 63.5 Å². The molecule has 0 aliphatic heterocycles. The lowest BCUT2D eigenvalue weighted by molar-refractivity contribution is 0.0601. The summed E-state index contributed by atoms with van der Waals surface area (Å²) in [7, 11) is 1.35. The van der Waals surface area contributed by atoms with Crippen molar-refractivity contribution in [3.63, 3.8) is 0 Å². The average Bonchev–Trinajstić information content (AvgIpc) is 3.05. The standard InChI is InChI=1S/C17H12Cl2N2O2S/c1-23-16(22)11-3-2-4-12(7-11)20-17-21-15(9-24-17)10-5-6-13(18)14(19)8-10/h2-9H,1H3,(H,20,21). The third kappa shape index (κ3) is 3.70. The molecule has 24 heavy (non-hydrogen) atoms. The van der Waals surface area contributed by atoms with E-state index in [0.29, 0.717) is 20.7 Å². The van der Waals surface area contributed by atoms with E-state index in [0.717, 1.165) is 16.9 Å². The van der Waals surface area contributed by atoms with Gasteiger partial charge >= 0.3 is 5.97 Å². The van der Waals surface area contributed by atoms with Crippen molar-refractivity contribution in [1.29, 1.82) is 0 Å². The highest BCUT2D eigenvalue weighted by Gasteiger charge is 2.09. The molecule has 0 fully saturated rings. The van der Waals surface area contributed by atoms with Gasteiger partial charge in [-0.1, -0.05) is 35.3 Å². The van der Waals surface area contributed by atoms with E-state index in [2.05, 4.69) is 10.3 Å². The summed E-state index contributed by atoms with van der Waals surface area (Å²) in [6, 6.07) is 12.4. The van der Waals surface area contributed by atoms with Crippen molar-refractivity contribution in [2.75, 3.05) is 12.4 Å². The molecule has 0 bridgehead atoms. The number of methoxy groups -OCH3 is 1. The maximum Gasteiger partial charge on any atom is 0.337 e. The van der Waals surface area contributed by atoms with Crippen LogP contribution >= 0.6 is 34.5 Å².